The number of nitrogens with two attached hydrogens (primary N) is 1. The maximum atomic E-state index is 13.1. The molecule has 3 N–H and O–H groups in total. The van der Waals surface area contributed by atoms with Crippen LogP contribution >= 0.6 is 0 Å². The lowest BCUT2D eigenvalue weighted by molar-refractivity contribution is 0.102. The maximum Gasteiger partial charge on any atom is 0.259 e. The lowest BCUT2D eigenvalue weighted by Gasteiger charge is -2.07. The minimum Gasteiger partial charge on any atom is -0.398 e. The molecule has 0 atom stereocenters. The number of nitrogen functional groups attached to an aromatic ring is 1. The molecule has 5 heteroatoms. The van der Waals surface area contributed by atoms with E-state index < -0.39 is 11.7 Å². The number of nitrogens with one attached hydrogen (secondary N) is 1. The molecule has 2 rings (SSSR count). The van der Waals surface area contributed by atoms with Crippen molar-refractivity contribution >= 4 is 17.4 Å². The standard InChI is InChI=1S/C13H12FN3O/c1-8-4-5-16-12(6-8)17-13(18)10-7-9(14)2-3-11(10)15/h2-7H,15H2,1H3,(H,16,17,18). The zero-order chi connectivity index (χ0) is 13.1. The molecule has 0 saturated heterocycles. The largest absolute Gasteiger partial charge is 0.398 e. The number of nitrogens with zero attached hydrogens (tertiary/aromatic N) is 1. The van der Waals surface area contributed by atoms with E-state index in [4.69, 9.17) is 5.73 Å². The molecule has 4 nitrogen and oxygen atoms in total. The predicted octanol–water partition coefficient (Wildman–Crippen LogP) is 2.36. The van der Waals surface area contributed by atoms with Crippen LogP contribution in [-0.4, -0.2) is 10.9 Å². The van der Waals surface area contributed by atoms with E-state index in [1.807, 2.05) is 13.0 Å². The highest BCUT2D eigenvalue weighted by molar-refractivity contribution is 6.07. The summed E-state index contributed by atoms with van der Waals surface area (Å²) in [5.41, 5.74) is 6.91. The molecule has 2 aromatic rings. The zero-order valence-electron chi connectivity index (χ0n) is 9.77. The van der Waals surface area contributed by atoms with Gasteiger partial charge in [0.1, 0.15) is 11.6 Å². The Balaban J connectivity index is 2.24. The lowest BCUT2D eigenvalue weighted by atomic mass is 10.1. The first-order valence-corrected chi connectivity index (χ1v) is 5.35. The van der Waals surface area contributed by atoms with Crippen LogP contribution in [0.3, 0.4) is 0 Å². The first kappa shape index (κ1) is 12.0. The number of aryl methyl sites for hydroxylation is 1. The number of carbonyl (C=O) groups is 1. The molecule has 0 aliphatic carbocycles. The van der Waals surface area contributed by atoms with Gasteiger partial charge in [-0.05, 0) is 42.8 Å². The fraction of sp³-hybridized carbons (Fsp3) is 0.0769. The quantitative estimate of drug-likeness (QED) is 0.798. The Bertz CT molecular complexity index is 599. The van der Waals surface area contributed by atoms with Gasteiger partial charge in [0.05, 0.1) is 5.56 Å². The number of halogens is 1. The third kappa shape index (κ3) is 2.63. The molecule has 0 bridgehead atoms. The molecule has 0 aliphatic rings. The summed E-state index contributed by atoms with van der Waals surface area (Å²) in [5, 5.41) is 2.57. The third-order valence-electron chi connectivity index (χ3n) is 2.42. The molecule has 1 heterocycles. The minimum absolute atomic E-state index is 0.0957. The van der Waals surface area contributed by atoms with Crippen molar-refractivity contribution in [1.82, 2.24) is 4.98 Å². The van der Waals surface area contributed by atoms with Crippen molar-refractivity contribution < 1.29 is 9.18 Å². The predicted molar refractivity (Wildman–Crippen MR) is 67.7 cm³/mol. The second-order valence-corrected chi connectivity index (χ2v) is 3.90. The van der Waals surface area contributed by atoms with Gasteiger partial charge in [-0.15, -0.1) is 0 Å². The zero-order valence-corrected chi connectivity index (χ0v) is 9.77. The summed E-state index contributed by atoms with van der Waals surface area (Å²) >= 11 is 0. The molecule has 0 radical (unpaired) electrons. The van der Waals surface area contributed by atoms with Crippen molar-refractivity contribution in [3.63, 3.8) is 0 Å². The van der Waals surface area contributed by atoms with Gasteiger partial charge >= 0.3 is 0 Å². The summed E-state index contributed by atoms with van der Waals surface area (Å²) < 4.78 is 13.1. The minimum atomic E-state index is -0.508. The van der Waals surface area contributed by atoms with Crippen molar-refractivity contribution in [3.8, 4) is 0 Å². The van der Waals surface area contributed by atoms with Crippen molar-refractivity contribution in [2.24, 2.45) is 0 Å². The molecule has 0 aliphatic heterocycles. The van der Waals surface area contributed by atoms with Crippen LogP contribution in [0, 0.1) is 12.7 Å². The number of hydrogen-bond acceptors (Lipinski definition) is 3. The summed E-state index contributed by atoms with van der Waals surface area (Å²) in [6.07, 6.45) is 1.58. The summed E-state index contributed by atoms with van der Waals surface area (Å²) in [6, 6.07) is 7.19. The van der Waals surface area contributed by atoms with Crippen molar-refractivity contribution in [3.05, 3.63) is 53.5 Å². The maximum absolute atomic E-state index is 13.1. The van der Waals surface area contributed by atoms with Crippen molar-refractivity contribution in [2.45, 2.75) is 6.92 Å². The van der Waals surface area contributed by atoms with E-state index in [-0.39, 0.29) is 11.3 Å². The van der Waals surface area contributed by atoms with Crippen LogP contribution in [0.5, 0.6) is 0 Å². The number of benzene rings is 1. The van der Waals surface area contributed by atoms with E-state index in [1.54, 1.807) is 12.3 Å². The number of hydrogen-bond donors (Lipinski definition) is 2. The summed E-state index contributed by atoms with van der Waals surface area (Å²) in [5.74, 6) is -0.583. The number of anilines is 2. The molecule has 0 unspecified atom stereocenters. The Morgan fingerprint density at radius 1 is 1.33 bits per heavy atom. The number of aromatic nitrogens is 1. The molecular weight excluding hydrogens is 233 g/mol. The Morgan fingerprint density at radius 2 is 2.11 bits per heavy atom. The highest BCUT2D eigenvalue weighted by Crippen LogP contribution is 2.15. The normalized spacial score (nSPS) is 10.1. The monoisotopic (exact) mass is 245 g/mol. The van der Waals surface area contributed by atoms with E-state index in [0.717, 1.165) is 11.6 Å². The van der Waals surface area contributed by atoms with Crippen LogP contribution in [0.25, 0.3) is 0 Å². The third-order valence-corrected chi connectivity index (χ3v) is 2.42. The summed E-state index contributed by atoms with van der Waals surface area (Å²) in [6.45, 7) is 1.88. The molecule has 1 aromatic carbocycles. The average molecular weight is 245 g/mol. The smallest absolute Gasteiger partial charge is 0.259 e. The van der Waals surface area contributed by atoms with Gasteiger partial charge in [-0.1, -0.05) is 0 Å². The van der Waals surface area contributed by atoms with Crippen LogP contribution in [0.2, 0.25) is 0 Å². The number of rotatable bonds is 2. The Hall–Kier alpha value is -2.43. The lowest BCUT2D eigenvalue weighted by Crippen LogP contribution is -2.15. The molecule has 1 aromatic heterocycles. The van der Waals surface area contributed by atoms with Gasteiger partial charge in [-0.25, -0.2) is 9.37 Å². The van der Waals surface area contributed by atoms with Gasteiger partial charge in [-0.3, -0.25) is 4.79 Å². The van der Waals surface area contributed by atoms with Crippen molar-refractivity contribution in [2.75, 3.05) is 11.1 Å². The second kappa shape index (κ2) is 4.83. The second-order valence-electron chi connectivity index (χ2n) is 3.90. The van der Waals surface area contributed by atoms with E-state index in [0.29, 0.717) is 5.82 Å². The Morgan fingerprint density at radius 3 is 2.83 bits per heavy atom. The van der Waals surface area contributed by atoms with E-state index >= 15 is 0 Å². The SMILES string of the molecule is Cc1ccnc(NC(=O)c2cc(F)ccc2N)c1. The molecular formula is C13H12FN3O. The van der Waals surface area contributed by atoms with Gasteiger partial charge in [-0.2, -0.15) is 0 Å². The number of carbonyl (C=O) groups excluding carboxylic acids is 1. The van der Waals surface area contributed by atoms with E-state index in [9.17, 15) is 9.18 Å². The number of pyridine rings is 1. The van der Waals surface area contributed by atoms with E-state index in [2.05, 4.69) is 10.3 Å². The Kier molecular flexibility index (Phi) is 3.23. The fourth-order valence-corrected chi connectivity index (χ4v) is 1.51. The molecule has 1 amide bonds. The van der Waals surface area contributed by atoms with Gasteiger partial charge in [0.25, 0.3) is 5.91 Å². The van der Waals surface area contributed by atoms with Gasteiger partial charge in [0, 0.05) is 11.9 Å². The van der Waals surface area contributed by atoms with Crippen LogP contribution in [0.1, 0.15) is 15.9 Å². The first-order chi connectivity index (χ1) is 8.56. The molecule has 0 saturated carbocycles. The van der Waals surface area contributed by atoms with Crippen LogP contribution in [0.4, 0.5) is 15.9 Å². The average Bonchev–Trinajstić information content (AvgIpc) is 2.32. The van der Waals surface area contributed by atoms with Gasteiger partial charge < -0.3 is 11.1 Å². The van der Waals surface area contributed by atoms with Crippen LogP contribution in [-0.2, 0) is 0 Å². The van der Waals surface area contributed by atoms with Crippen LogP contribution < -0.4 is 11.1 Å². The highest BCUT2D eigenvalue weighted by atomic mass is 19.1. The molecule has 0 fully saturated rings. The van der Waals surface area contributed by atoms with Gasteiger partial charge in [0.15, 0.2) is 0 Å². The molecule has 0 spiro atoms. The Labute approximate surface area is 104 Å². The fourth-order valence-electron chi connectivity index (χ4n) is 1.51. The summed E-state index contributed by atoms with van der Waals surface area (Å²) in [7, 11) is 0. The topological polar surface area (TPSA) is 68.0 Å². The van der Waals surface area contributed by atoms with Gasteiger partial charge in [0.2, 0.25) is 0 Å². The number of amides is 1. The van der Waals surface area contributed by atoms with Crippen molar-refractivity contribution in [1.29, 1.82) is 0 Å². The van der Waals surface area contributed by atoms with Crippen LogP contribution in [0.15, 0.2) is 36.5 Å². The van der Waals surface area contributed by atoms with E-state index in [1.165, 1.54) is 12.1 Å². The molecule has 92 valence electrons. The summed E-state index contributed by atoms with van der Waals surface area (Å²) in [4.78, 5) is 15.9. The first-order valence-electron chi connectivity index (χ1n) is 5.35. The molecule has 18 heavy (non-hydrogen) atoms. The highest BCUT2D eigenvalue weighted by Gasteiger charge is 2.11.